The van der Waals surface area contributed by atoms with Crippen LogP contribution in [0.5, 0.6) is 0 Å². The first-order chi connectivity index (χ1) is 10.7. The highest BCUT2D eigenvalue weighted by molar-refractivity contribution is 6.02. The molecule has 0 aliphatic carbocycles. The summed E-state index contributed by atoms with van der Waals surface area (Å²) in [7, 11) is 1.58. The van der Waals surface area contributed by atoms with E-state index in [0.29, 0.717) is 18.7 Å². The molecule has 0 aliphatic heterocycles. The maximum atomic E-state index is 10.4. The normalized spacial score (nSPS) is 11.3. The molecule has 0 saturated heterocycles. The molecule has 1 heterocycles. The van der Waals surface area contributed by atoms with Crippen LogP contribution in [0, 0.1) is 13.8 Å². The minimum absolute atomic E-state index is 0.313. The molecule has 0 saturated carbocycles. The molecule has 0 radical (unpaired) electrons. The van der Waals surface area contributed by atoms with E-state index < -0.39 is 0 Å². The van der Waals surface area contributed by atoms with Crippen molar-refractivity contribution in [1.29, 1.82) is 0 Å². The Morgan fingerprint density at radius 2 is 2.05 bits per heavy atom. The van der Waals surface area contributed by atoms with E-state index in [1.807, 2.05) is 44.4 Å². The molecule has 0 fully saturated rings. The molecule has 1 aromatic heterocycles. The first kappa shape index (κ1) is 15.8. The predicted octanol–water partition coefficient (Wildman–Crippen LogP) is 1.86. The highest BCUT2D eigenvalue weighted by atomic mass is 16.5. The van der Waals surface area contributed by atoms with E-state index in [2.05, 4.69) is 20.5 Å². The van der Waals surface area contributed by atoms with Crippen LogP contribution in [0.4, 0.5) is 0 Å². The van der Waals surface area contributed by atoms with Crippen molar-refractivity contribution in [2.24, 2.45) is 5.10 Å². The van der Waals surface area contributed by atoms with E-state index >= 15 is 0 Å². The van der Waals surface area contributed by atoms with E-state index in [-0.39, 0.29) is 0 Å². The molecule has 0 aliphatic rings. The molecule has 6 nitrogen and oxygen atoms in total. The number of carbonyl (C=O) groups excluding carboxylic acids is 1. The molecule has 0 spiro atoms. The second kappa shape index (κ2) is 7.42. The molecule has 1 aromatic carbocycles. The molecule has 6 heteroatoms. The standard InChI is InChI=1S/C16H18N4O2/c1-11-6-13(16(9-22-3)20-19-10-21)4-5-15(11)14-7-17-12(2)18-8-14/h4-8,10H,9H2,1-3H3,(H,19,21)/b20-16+. The summed E-state index contributed by atoms with van der Waals surface area (Å²) >= 11 is 0. The third kappa shape index (κ3) is 3.73. The lowest BCUT2D eigenvalue weighted by atomic mass is 9.99. The third-order valence-electron chi connectivity index (χ3n) is 3.18. The number of hydrazone groups is 1. The van der Waals surface area contributed by atoms with E-state index in [9.17, 15) is 4.79 Å². The van der Waals surface area contributed by atoms with Gasteiger partial charge in [-0.25, -0.2) is 15.4 Å². The smallest absolute Gasteiger partial charge is 0.227 e. The number of rotatable bonds is 6. The minimum atomic E-state index is 0.313. The molecule has 2 rings (SSSR count). The van der Waals surface area contributed by atoms with Gasteiger partial charge in [0.25, 0.3) is 0 Å². The van der Waals surface area contributed by atoms with Crippen LogP contribution in [0.3, 0.4) is 0 Å². The summed E-state index contributed by atoms with van der Waals surface area (Å²) in [5, 5.41) is 4.01. The average molecular weight is 298 g/mol. The zero-order valence-electron chi connectivity index (χ0n) is 12.8. The zero-order chi connectivity index (χ0) is 15.9. The quantitative estimate of drug-likeness (QED) is 0.501. The fourth-order valence-corrected chi connectivity index (χ4v) is 2.12. The summed E-state index contributed by atoms with van der Waals surface area (Å²) in [5.41, 5.74) is 6.95. The van der Waals surface area contributed by atoms with Crippen molar-refractivity contribution in [3.05, 3.63) is 47.5 Å². The van der Waals surface area contributed by atoms with Gasteiger partial charge < -0.3 is 4.74 Å². The van der Waals surface area contributed by atoms with Gasteiger partial charge in [0.15, 0.2) is 0 Å². The largest absolute Gasteiger partial charge is 0.378 e. The average Bonchev–Trinajstić information content (AvgIpc) is 2.52. The molecule has 114 valence electrons. The molecule has 22 heavy (non-hydrogen) atoms. The van der Waals surface area contributed by atoms with E-state index in [1.165, 1.54) is 0 Å². The fraction of sp³-hybridized carbons (Fsp3) is 0.250. The Kier molecular flexibility index (Phi) is 5.32. The van der Waals surface area contributed by atoms with Crippen LogP contribution in [0.2, 0.25) is 0 Å². The number of ether oxygens (including phenoxy) is 1. The fourth-order valence-electron chi connectivity index (χ4n) is 2.12. The van der Waals surface area contributed by atoms with Crippen LogP contribution in [-0.2, 0) is 9.53 Å². The van der Waals surface area contributed by atoms with Gasteiger partial charge in [0.1, 0.15) is 5.82 Å². The Bertz CT molecular complexity index is 681. The number of nitrogens with zero attached hydrogens (tertiary/aromatic N) is 3. The van der Waals surface area contributed by atoms with Gasteiger partial charge in [-0.1, -0.05) is 12.1 Å². The lowest BCUT2D eigenvalue weighted by molar-refractivity contribution is -0.109. The van der Waals surface area contributed by atoms with E-state index in [4.69, 9.17) is 4.74 Å². The maximum Gasteiger partial charge on any atom is 0.227 e. The number of hydrogen-bond donors (Lipinski definition) is 1. The van der Waals surface area contributed by atoms with Crippen molar-refractivity contribution in [3.8, 4) is 11.1 Å². The third-order valence-corrected chi connectivity index (χ3v) is 3.18. The van der Waals surface area contributed by atoms with Crippen molar-refractivity contribution < 1.29 is 9.53 Å². The number of carbonyl (C=O) groups is 1. The summed E-state index contributed by atoms with van der Waals surface area (Å²) in [6.07, 6.45) is 4.14. The van der Waals surface area contributed by atoms with Gasteiger partial charge in [0.2, 0.25) is 6.41 Å². The van der Waals surface area contributed by atoms with Gasteiger partial charge in [-0.3, -0.25) is 4.79 Å². The summed E-state index contributed by atoms with van der Waals surface area (Å²) in [5.74, 6) is 0.743. The number of amides is 1. The van der Waals surface area contributed by atoms with E-state index in [1.54, 1.807) is 7.11 Å². The van der Waals surface area contributed by atoms with Gasteiger partial charge in [-0.15, -0.1) is 0 Å². The first-order valence-corrected chi connectivity index (χ1v) is 6.80. The molecule has 0 unspecified atom stereocenters. The van der Waals surface area contributed by atoms with Crippen LogP contribution < -0.4 is 5.43 Å². The van der Waals surface area contributed by atoms with Crippen molar-refractivity contribution >= 4 is 12.1 Å². The second-order valence-corrected chi connectivity index (χ2v) is 4.79. The van der Waals surface area contributed by atoms with Crippen LogP contribution in [-0.4, -0.2) is 35.8 Å². The summed E-state index contributed by atoms with van der Waals surface area (Å²) in [6.45, 7) is 4.18. The Labute approximate surface area is 129 Å². The van der Waals surface area contributed by atoms with Crippen molar-refractivity contribution in [1.82, 2.24) is 15.4 Å². The maximum absolute atomic E-state index is 10.4. The van der Waals surface area contributed by atoms with Crippen LogP contribution >= 0.6 is 0 Å². The lowest BCUT2D eigenvalue weighted by Crippen LogP contribution is -2.15. The number of nitrogens with one attached hydrogen (secondary N) is 1. The summed E-state index contributed by atoms with van der Waals surface area (Å²) in [6, 6.07) is 5.93. The van der Waals surface area contributed by atoms with Gasteiger partial charge in [0.05, 0.1) is 12.3 Å². The highest BCUT2D eigenvalue weighted by Gasteiger charge is 2.08. The van der Waals surface area contributed by atoms with Crippen LogP contribution in [0.1, 0.15) is 17.0 Å². The van der Waals surface area contributed by atoms with Crippen LogP contribution in [0.15, 0.2) is 35.7 Å². The van der Waals surface area contributed by atoms with Gasteiger partial charge in [0, 0.05) is 30.6 Å². The number of hydrogen-bond acceptors (Lipinski definition) is 5. The number of aryl methyl sites for hydroxylation is 2. The van der Waals surface area contributed by atoms with Crippen molar-refractivity contribution in [2.75, 3.05) is 13.7 Å². The number of aromatic nitrogens is 2. The monoisotopic (exact) mass is 298 g/mol. The SMILES string of the molecule is COC/C(=N\NC=O)c1ccc(-c2cnc(C)nc2)c(C)c1. The van der Waals surface area contributed by atoms with Gasteiger partial charge in [-0.2, -0.15) is 5.10 Å². The van der Waals surface area contributed by atoms with Gasteiger partial charge >= 0.3 is 0 Å². The summed E-state index contributed by atoms with van der Waals surface area (Å²) < 4.78 is 5.12. The van der Waals surface area contributed by atoms with Crippen molar-refractivity contribution in [2.45, 2.75) is 13.8 Å². The van der Waals surface area contributed by atoms with Crippen molar-refractivity contribution in [3.63, 3.8) is 0 Å². The topological polar surface area (TPSA) is 76.5 Å². The lowest BCUT2D eigenvalue weighted by Gasteiger charge is -2.10. The summed E-state index contributed by atoms with van der Waals surface area (Å²) in [4.78, 5) is 18.8. The molecule has 1 amide bonds. The highest BCUT2D eigenvalue weighted by Crippen LogP contribution is 2.23. The minimum Gasteiger partial charge on any atom is -0.378 e. The number of methoxy groups -OCH3 is 1. The Hall–Kier alpha value is -2.60. The Morgan fingerprint density at radius 1 is 1.32 bits per heavy atom. The molecule has 0 atom stereocenters. The van der Waals surface area contributed by atoms with Crippen LogP contribution in [0.25, 0.3) is 11.1 Å². The Morgan fingerprint density at radius 3 is 2.64 bits per heavy atom. The van der Waals surface area contributed by atoms with Gasteiger partial charge in [-0.05, 0) is 31.0 Å². The molecule has 1 N–H and O–H groups in total. The molecule has 2 aromatic rings. The first-order valence-electron chi connectivity index (χ1n) is 6.80. The van der Waals surface area contributed by atoms with E-state index in [0.717, 1.165) is 28.1 Å². The molecular weight excluding hydrogens is 280 g/mol. The molecular formula is C16H18N4O2. The zero-order valence-corrected chi connectivity index (χ0v) is 12.8. The Balaban J connectivity index is 2.35. The number of benzene rings is 1. The predicted molar refractivity (Wildman–Crippen MR) is 84.6 cm³/mol. The molecule has 0 bridgehead atoms. The second-order valence-electron chi connectivity index (χ2n) is 4.79.